The van der Waals surface area contributed by atoms with Crippen LogP contribution in [0.2, 0.25) is 0 Å². The normalized spacial score (nSPS) is 18.3. The molecule has 0 spiro atoms. The number of ether oxygens (including phenoxy) is 1. The highest BCUT2D eigenvalue weighted by molar-refractivity contribution is 9.11. The van der Waals surface area contributed by atoms with Crippen molar-refractivity contribution < 1.29 is 4.74 Å². The number of para-hydroxylation sites is 1. The molecule has 2 aromatic rings. The van der Waals surface area contributed by atoms with Crippen LogP contribution in [0.25, 0.3) is 0 Å². The molecule has 0 bridgehead atoms. The fraction of sp³-hybridized carbons (Fsp3) is 0.412. The van der Waals surface area contributed by atoms with Crippen molar-refractivity contribution in [2.75, 3.05) is 6.54 Å². The van der Waals surface area contributed by atoms with Crippen molar-refractivity contribution in [3.8, 4) is 5.75 Å². The highest BCUT2D eigenvalue weighted by Crippen LogP contribution is 2.31. The van der Waals surface area contributed by atoms with Gasteiger partial charge in [0.1, 0.15) is 11.9 Å². The first-order valence-electron chi connectivity index (χ1n) is 7.48. The van der Waals surface area contributed by atoms with Crippen LogP contribution in [0.4, 0.5) is 0 Å². The molecule has 4 heteroatoms. The van der Waals surface area contributed by atoms with Crippen LogP contribution in [0.1, 0.15) is 23.8 Å². The number of thiophene rings is 1. The number of hydrogen-bond donors (Lipinski definition) is 1. The third-order valence-corrected chi connectivity index (χ3v) is 5.47. The van der Waals surface area contributed by atoms with E-state index in [9.17, 15) is 0 Å². The molecule has 2 nitrogen and oxygen atoms in total. The summed E-state index contributed by atoms with van der Waals surface area (Å²) in [7, 11) is 0. The Hall–Kier alpha value is -0.840. The largest absolute Gasteiger partial charge is 0.488 e. The molecule has 0 amide bonds. The topological polar surface area (TPSA) is 21.3 Å². The average molecular weight is 366 g/mol. The molecule has 3 rings (SSSR count). The highest BCUT2D eigenvalue weighted by atomic mass is 79.9. The number of nitrogens with one attached hydrogen (secondary N) is 1. The predicted molar refractivity (Wildman–Crippen MR) is 92.4 cm³/mol. The van der Waals surface area contributed by atoms with E-state index < -0.39 is 0 Å². The number of benzene rings is 1. The molecule has 1 aliphatic heterocycles. The number of rotatable bonds is 6. The Balaban J connectivity index is 1.71. The molecule has 1 N–H and O–H groups in total. The van der Waals surface area contributed by atoms with Crippen LogP contribution < -0.4 is 10.1 Å². The van der Waals surface area contributed by atoms with Crippen LogP contribution in [0.5, 0.6) is 5.75 Å². The summed E-state index contributed by atoms with van der Waals surface area (Å²) in [5, 5.41) is 3.67. The van der Waals surface area contributed by atoms with E-state index in [0.29, 0.717) is 6.04 Å². The molecule has 1 aromatic heterocycles. The summed E-state index contributed by atoms with van der Waals surface area (Å²) >= 11 is 5.36. The maximum Gasteiger partial charge on any atom is 0.123 e. The number of hydrogen-bond acceptors (Lipinski definition) is 3. The monoisotopic (exact) mass is 365 g/mol. The zero-order valence-electron chi connectivity index (χ0n) is 12.1. The molecule has 0 saturated heterocycles. The molecule has 112 valence electrons. The second-order valence-corrected chi connectivity index (χ2v) is 7.99. The van der Waals surface area contributed by atoms with Gasteiger partial charge < -0.3 is 10.1 Å². The molecule has 2 heterocycles. The van der Waals surface area contributed by atoms with Gasteiger partial charge >= 0.3 is 0 Å². The van der Waals surface area contributed by atoms with Crippen molar-refractivity contribution in [2.24, 2.45) is 0 Å². The minimum absolute atomic E-state index is 0.231. The molecular formula is C17H20BrNOS. The third-order valence-electron chi connectivity index (χ3n) is 3.83. The second kappa shape index (κ2) is 6.95. The first kappa shape index (κ1) is 15.1. The van der Waals surface area contributed by atoms with Gasteiger partial charge in [-0.15, -0.1) is 11.3 Å². The van der Waals surface area contributed by atoms with Crippen LogP contribution in [-0.4, -0.2) is 18.7 Å². The molecule has 2 unspecified atom stereocenters. The van der Waals surface area contributed by atoms with Crippen molar-refractivity contribution in [1.82, 2.24) is 5.32 Å². The Morgan fingerprint density at radius 3 is 2.90 bits per heavy atom. The van der Waals surface area contributed by atoms with Crippen molar-refractivity contribution >= 4 is 27.3 Å². The van der Waals surface area contributed by atoms with E-state index in [2.05, 4.69) is 58.5 Å². The van der Waals surface area contributed by atoms with Crippen LogP contribution in [-0.2, 0) is 12.8 Å². The summed E-state index contributed by atoms with van der Waals surface area (Å²) in [4.78, 5) is 1.40. The second-order valence-electron chi connectivity index (χ2n) is 5.44. The van der Waals surface area contributed by atoms with Gasteiger partial charge in [0.15, 0.2) is 0 Å². The average Bonchev–Trinajstić information content (AvgIpc) is 3.09. The molecule has 0 aliphatic carbocycles. The van der Waals surface area contributed by atoms with Crippen molar-refractivity contribution in [2.45, 2.75) is 38.3 Å². The lowest BCUT2D eigenvalue weighted by Gasteiger charge is -2.24. The first-order chi connectivity index (χ1) is 10.3. The molecule has 0 radical (unpaired) electrons. The van der Waals surface area contributed by atoms with E-state index in [1.54, 1.807) is 0 Å². The molecule has 0 fully saturated rings. The van der Waals surface area contributed by atoms with E-state index >= 15 is 0 Å². The van der Waals surface area contributed by atoms with Crippen molar-refractivity contribution in [3.05, 3.63) is 50.6 Å². The Labute approximate surface area is 138 Å². The van der Waals surface area contributed by atoms with Crippen LogP contribution in [0.3, 0.4) is 0 Å². The minimum atomic E-state index is 0.231. The van der Waals surface area contributed by atoms with Crippen LogP contribution in [0, 0.1) is 0 Å². The van der Waals surface area contributed by atoms with Crippen LogP contribution >= 0.6 is 27.3 Å². The zero-order valence-corrected chi connectivity index (χ0v) is 14.5. The smallest absolute Gasteiger partial charge is 0.123 e. The highest BCUT2D eigenvalue weighted by Gasteiger charge is 2.30. The van der Waals surface area contributed by atoms with Gasteiger partial charge in [-0.25, -0.2) is 0 Å². The molecule has 1 aliphatic rings. The standard InChI is InChI=1S/C17H20BrNOS/c1-2-9-19-14(11-13-7-8-17(18)21-13)16-10-12-5-3-4-6-15(12)20-16/h3-8,14,16,19H,2,9-11H2,1H3. The summed E-state index contributed by atoms with van der Waals surface area (Å²) in [6, 6.07) is 13.1. The summed E-state index contributed by atoms with van der Waals surface area (Å²) in [6.45, 7) is 3.24. The van der Waals surface area contributed by atoms with Crippen molar-refractivity contribution in [1.29, 1.82) is 0 Å². The molecule has 0 saturated carbocycles. The summed E-state index contributed by atoms with van der Waals surface area (Å²) in [5.41, 5.74) is 1.33. The SMILES string of the molecule is CCCNC(Cc1ccc(Br)s1)C1Cc2ccccc2O1. The lowest BCUT2D eigenvalue weighted by Crippen LogP contribution is -2.44. The van der Waals surface area contributed by atoms with E-state index in [4.69, 9.17) is 4.74 Å². The maximum atomic E-state index is 6.18. The van der Waals surface area contributed by atoms with Gasteiger partial charge in [-0.1, -0.05) is 25.1 Å². The predicted octanol–water partition coefficient (Wildman–Crippen LogP) is 4.43. The van der Waals surface area contributed by atoms with Gasteiger partial charge in [0.05, 0.1) is 3.79 Å². The quantitative estimate of drug-likeness (QED) is 0.817. The lowest BCUT2D eigenvalue weighted by atomic mass is 10.0. The fourth-order valence-electron chi connectivity index (χ4n) is 2.78. The van der Waals surface area contributed by atoms with E-state index in [1.165, 1.54) is 14.2 Å². The Kier molecular flexibility index (Phi) is 4.99. The van der Waals surface area contributed by atoms with E-state index in [1.807, 2.05) is 17.4 Å². The van der Waals surface area contributed by atoms with Gasteiger partial charge in [-0.2, -0.15) is 0 Å². The third kappa shape index (κ3) is 3.68. The summed E-state index contributed by atoms with van der Waals surface area (Å²) in [6.07, 6.45) is 3.40. The van der Waals surface area contributed by atoms with E-state index in [0.717, 1.165) is 31.6 Å². The fourth-order valence-corrected chi connectivity index (χ4v) is 4.32. The lowest BCUT2D eigenvalue weighted by molar-refractivity contribution is 0.177. The first-order valence-corrected chi connectivity index (χ1v) is 9.09. The number of halogens is 1. The summed E-state index contributed by atoms with van der Waals surface area (Å²) < 4.78 is 7.37. The Bertz CT molecular complexity index is 573. The number of fused-ring (bicyclic) bond motifs is 1. The molecular weight excluding hydrogens is 346 g/mol. The van der Waals surface area contributed by atoms with Crippen molar-refractivity contribution in [3.63, 3.8) is 0 Å². The molecule has 2 atom stereocenters. The van der Waals surface area contributed by atoms with Crippen LogP contribution in [0.15, 0.2) is 40.2 Å². The van der Waals surface area contributed by atoms with Gasteiger partial charge in [-0.05, 0) is 52.7 Å². The van der Waals surface area contributed by atoms with Gasteiger partial charge in [0.2, 0.25) is 0 Å². The Morgan fingerprint density at radius 1 is 1.33 bits per heavy atom. The zero-order chi connectivity index (χ0) is 14.7. The Morgan fingerprint density at radius 2 is 2.19 bits per heavy atom. The van der Waals surface area contributed by atoms with Gasteiger partial charge in [0.25, 0.3) is 0 Å². The molecule has 1 aromatic carbocycles. The maximum absolute atomic E-state index is 6.18. The van der Waals surface area contributed by atoms with Gasteiger partial charge in [-0.3, -0.25) is 0 Å². The van der Waals surface area contributed by atoms with Gasteiger partial charge in [0, 0.05) is 23.8 Å². The minimum Gasteiger partial charge on any atom is -0.488 e. The molecule has 21 heavy (non-hydrogen) atoms. The van der Waals surface area contributed by atoms with E-state index in [-0.39, 0.29) is 6.10 Å². The summed E-state index contributed by atoms with van der Waals surface area (Å²) in [5.74, 6) is 1.05.